The Morgan fingerprint density at radius 3 is 2.61 bits per heavy atom. The molecular formula is C13H17NO4. The first kappa shape index (κ1) is 12.8. The number of aliphatic hydroxyl groups is 1. The Bertz CT molecular complexity index is 418. The number of benzene rings is 1. The molecule has 5 nitrogen and oxygen atoms in total. The van der Waals surface area contributed by atoms with Crippen LogP contribution in [0.25, 0.3) is 0 Å². The third-order valence-corrected chi connectivity index (χ3v) is 3.67. The van der Waals surface area contributed by atoms with Crippen LogP contribution in [0.4, 0.5) is 0 Å². The lowest BCUT2D eigenvalue weighted by atomic mass is 9.91. The summed E-state index contributed by atoms with van der Waals surface area (Å²) in [5.41, 5.74) is 0.717. The van der Waals surface area contributed by atoms with Crippen LogP contribution in [0.3, 0.4) is 0 Å². The molecule has 0 saturated heterocycles. The maximum atomic E-state index is 10.9. The normalized spacial score (nSPS) is 24.8. The molecule has 1 aliphatic carbocycles. The highest BCUT2D eigenvalue weighted by molar-refractivity contribution is 5.28. The van der Waals surface area contributed by atoms with Gasteiger partial charge in [-0.2, -0.15) is 0 Å². The largest absolute Gasteiger partial charge is 0.497 e. The van der Waals surface area contributed by atoms with Gasteiger partial charge in [-0.25, -0.2) is 0 Å². The second-order valence-electron chi connectivity index (χ2n) is 4.67. The van der Waals surface area contributed by atoms with Crippen LogP contribution in [-0.2, 0) is 0 Å². The summed E-state index contributed by atoms with van der Waals surface area (Å²) < 4.78 is 5.04. The maximum absolute atomic E-state index is 10.9. The summed E-state index contributed by atoms with van der Waals surface area (Å²) in [6.45, 7) is 0. The monoisotopic (exact) mass is 251 g/mol. The second kappa shape index (κ2) is 5.35. The van der Waals surface area contributed by atoms with Gasteiger partial charge in [0.25, 0.3) is 0 Å². The van der Waals surface area contributed by atoms with Gasteiger partial charge < -0.3 is 9.84 Å². The molecule has 98 valence electrons. The van der Waals surface area contributed by atoms with Gasteiger partial charge in [-0.3, -0.25) is 10.1 Å². The molecule has 3 unspecified atom stereocenters. The van der Waals surface area contributed by atoms with E-state index in [0.29, 0.717) is 18.6 Å². The van der Waals surface area contributed by atoms with Crippen LogP contribution in [-0.4, -0.2) is 23.2 Å². The summed E-state index contributed by atoms with van der Waals surface area (Å²) >= 11 is 0. The van der Waals surface area contributed by atoms with Gasteiger partial charge in [-0.1, -0.05) is 12.1 Å². The van der Waals surface area contributed by atoms with E-state index in [1.54, 1.807) is 31.4 Å². The number of rotatable bonds is 4. The summed E-state index contributed by atoms with van der Waals surface area (Å²) in [7, 11) is 1.57. The Labute approximate surface area is 106 Å². The van der Waals surface area contributed by atoms with Crippen LogP contribution in [0.15, 0.2) is 24.3 Å². The van der Waals surface area contributed by atoms with E-state index in [1.807, 2.05) is 0 Å². The van der Waals surface area contributed by atoms with Crippen molar-refractivity contribution < 1.29 is 14.8 Å². The Kier molecular flexibility index (Phi) is 3.81. The van der Waals surface area contributed by atoms with Gasteiger partial charge in [0.1, 0.15) is 5.75 Å². The number of hydrogen-bond donors (Lipinski definition) is 1. The van der Waals surface area contributed by atoms with Crippen molar-refractivity contribution in [2.24, 2.45) is 5.92 Å². The molecule has 0 aliphatic heterocycles. The number of methoxy groups -OCH3 is 1. The minimum Gasteiger partial charge on any atom is -0.497 e. The molecule has 1 N–H and O–H groups in total. The first-order chi connectivity index (χ1) is 8.63. The molecule has 1 saturated carbocycles. The molecule has 5 heteroatoms. The van der Waals surface area contributed by atoms with E-state index in [1.165, 1.54) is 0 Å². The van der Waals surface area contributed by atoms with Crippen molar-refractivity contribution in [3.05, 3.63) is 39.9 Å². The molecule has 0 heterocycles. The van der Waals surface area contributed by atoms with Crippen molar-refractivity contribution in [2.75, 3.05) is 7.11 Å². The van der Waals surface area contributed by atoms with Crippen molar-refractivity contribution >= 4 is 0 Å². The van der Waals surface area contributed by atoms with Gasteiger partial charge in [0, 0.05) is 11.3 Å². The Hall–Kier alpha value is -1.62. The first-order valence-corrected chi connectivity index (χ1v) is 6.09. The SMILES string of the molecule is COc1ccc(C(O)C2CCCC2[N+](=O)[O-])cc1. The van der Waals surface area contributed by atoms with Gasteiger partial charge in [-0.05, 0) is 30.5 Å². The molecule has 18 heavy (non-hydrogen) atoms. The summed E-state index contributed by atoms with van der Waals surface area (Å²) in [4.78, 5) is 10.7. The molecule has 2 rings (SSSR count). The number of aliphatic hydroxyl groups excluding tert-OH is 1. The highest BCUT2D eigenvalue weighted by Gasteiger charge is 2.41. The molecule has 0 amide bonds. The Balaban J connectivity index is 2.14. The third kappa shape index (κ3) is 2.46. The fourth-order valence-corrected chi connectivity index (χ4v) is 2.65. The Morgan fingerprint density at radius 1 is 1.39 bits per heavy atom. The van der Waals surface area contributed by atoms with Crippen LogP contribution >= 0.6 is 0 Å². The van der Waals surface area contributed by atoms with Gasteiger partial charge in [0.15, 0.2) is 0 Å². The van der Waals surface area contributed by atoms with E-state index < -0.39 is 12.1 Å². The molecule has 0 spiro atoms. The average Bonchev–Trinajstić information content (AvgIpc) is 2.87. The van der Waals surface area contributed by atoms with E-state index in [0.717, 1.165) is 12.0 Å². The third-order valence-electron chi connectivity index (χ3n) is 3.67. The van der Waals surface area contributed by atoms with Gasteiger partial charge in [0.05, 0.1) is 19.1 Å². The number of nitrogens with zero attached hydrogens (tertiary/aromatic N) is 1. The highest BCUT2D eigenvalue weighted by atomic mass is 16.6. The first-order valence-electron chi connectivity index (χ1n) is 6.09. The molecule has 1 aromatic carbocycles. The van der Waals surface area contributed by atoms with Crippen molar-refractivity contribution in [3.8, 4) is 5.75 Å². The lowest BCUT2D eigenvalue weighted by Gasteiger charge is -2.20. The van der Waals surface area contributed by atoms with Gasteiger partial charge in [-0.15, -0.1) is 0 Å². The minimum atomic E-state index is -0.770. The van der Waals surface area contributed by atoms with E-state index in [-0.39, 0.29) is 10.8 Å². The van der Waals surface area contributed by atoms with Crippen LogP contribution in [0, 0.1) is 16.0 Å². The molecule has 3 atom stereocenters. The molecular weight excluding hydrogens is 234 g/mol. The molecule has 0 bridgehead atoms. The number of hydrogen-bond acceptors (Lipinski definition) is 4. The number of ether oxygens (including phenoxy) is 1. The zero-order valence-electron chi connectivity index (χ0n) is 10.3. The van der Waals surface area contributed by atoms with E-state index in [9.17, 15) is 15.2 Å². The minimum absolute atomic E-state index is 0.260. The summed E-state index contributed by atoms with van der Waals surface area (Å²) in [5.74, 6) is 0.427. The average molecular weight is 251 g/mol. The number of nitro groups is 1. The predicted octanol–water partition coefficient (Wildman–Crippen LogP) is 2.17. The van der Waals surface area contributed by atoms with Crippen molar-refractivity contribution in [2.45, 2.75) is 31.4 Å². The fraction of sp³-hybridized carbons (Fsp3) is 0.538. The van der Waals surface area contributed by atoms with Gasteiger partial charge in [0.2, 0.25) is 6.04 Å². The maximum Gasteiger partial charge on any atom is 0.218 e. The van der Waals surface area contributed by atoms with E-state index >= 15 is 0 Å². The second-order valence-corrected chi connectivity index (χ2v) is 4.67. The summed E-state index contributed by atoms with van der Waals surface area (Å²) in [5, 5.41) is 21.2. The fourth-order valence-electron chi connectivity index (χ4n) is 2.65. The predicted molar refractivity (Wildman–Crippen MR) is 66.1 cm³/mol. The topological polar surface area (TPSA) is 72.6 Å². The van der Waals surface area contributed by atoms with E-state index in [2.05, 4.69) is 0 Å². The standard InChI is InChI=1S/C13H17NO4/c1-18-10-7-5-9(6-8-10)13(15)11-3-2-4-12(11)14(16)17/h5-8,11-13,15H,2-4H2,1H3. The lowest BCUT2D eigenvalue weighted by molar-refractivity contribution is -0.531. The molecule has 1 aromatic rings. The Morgan fingerprint density at radius 2 is 2.06 bits per heavy atom. The van der Waals surface area contributed by atoms with Crippen LogP contribution in [0.5, 0.6) is 5.75 Å². The smallest absolute Gasteiger partial charge is 0.218 e. The van der Waals surface area contributed by atoms with Crippen LogP contribution in [0.1, 0.15) is 30.9 Å². The highest BCUT2D eigenvalue weighted by Crippen LogP contribution is 2.37. The van der Waals surface area contributed by atoms with Crippen molar-refractivity contribution in [1.29, 1.82) is 0 Å². The van der Waals surface area contributed by atoms with E-state index in [4.69, 9.17) is 4.74 Å². The van der Waals surface area contributed by atoms with Crippen LogP contribution in [0.2, 0.25) is 0 Å². The van der Waals surface area contributed by atoms with Crippen LogP contribution < -0.4 is 4.74 Å². The zero-order chi connectivity index (χ0) is 13.1. The summed E-state index contributed by atoms with van der Waals surface area (Å²) in [6.07, 6.45) is 1.31. The zero-order valence-corrected chi connectivity index (χ0v) is 10.3. The summed E-state index contributed by atoms with van der Waals surface area (Å²) in [6, 6.07) is 6.42. The molecule has 1 fully saturated rings. The van der Waals surface area contributed by atoms with Crippen molar-refractivity contribution in [1.82, 2.24) is 0 Å². The van der Waals surface area contributed by atoms with Gasteiger partial charge >= 0.3 is 0 Å². The molecule has 0 aromatic heterocycles. The quantitative estimate of drug-likeness (QED) is 0.657. The lowest BCUT2D eigenvalue weighted by Crippen LogP contribution is -2.28. The van der Waals surface area contributed by atoms with Crippen molar-refractivity contribution in [3.63, 3.8) is 0 Å². The molecule has 1 aliphatic rings. The molecule has 0 radical (unpaired) electrons.